The van der Waals surface area contributed by atoms with E-state index in [1.165, 1.54) is 29.2 Å². The fourth-order valence-electron chi connectivity index (χ4n) is 4.62. The van der Waals surface area contributed by atoms with E-state index in [9.17, 15) is 18.0 Å². The SMILES string of the molecule is CCCCNC(=O)C(CC)N(Cc1cccc(C)c1)C(=O)CN(c1ccccc1OCC)S(=O)(=O)c1ccc(Cl)cc1. The average molecular weight is 614 g/mol. The Balaban J connectivity index is 2.09. The quantitative estimate of drug-likeness (QED) is 0.213. The lowest BCUT2D eigenvalue weighted by Crippen LogP contribution is -2.52. The van der Waals surface area contributed by atoms with Gasteiger partial charge in [-0.05, 0) is 68.7 Å². The van der Waals surface area contributed by atoms with Crippen LogP contribution in [0.15, 0.2) is 77.7 Å². The largest absolute Gasteiger partial charge is 0.492 e. The standard InChI is InChI=1S/C32H40ClN3O5S/c1-5-8-20-34-32(38)28(6-2)35(22-25-13-11-12-24(4)21-25)31(37)23-36(29-14-9-10-15-30(29)41-7-3)42(39,40)27-18-16-26(33)17-19-27/h9-19,21,28H,5-8,20,22-23H2,1-4H3,(H,34,38). The van der Waals surface area contributed by atoms with E-state index >= 15 is 0 Å². The van der Waals surface area contributed by atoms with Crippen molar-refractivity contribution in [3.05, 3.63) is 88.9 Å². The number of carbonyl (C=O) groups excluding carboxylic acids is 2. The van der Waals surface area contributed by atoms with Gasteiger partial charge in [0.25, 0.3) is 10.0 Å². The highest BCUT2D eigenvalue weighted by molar-refractivity contribution is 7.92. The molecule has 0 aliphatic heterocycles. The molecule has 3 rings (SSSR count). The number of para-hydroxylation sites is 2. The molecular weight excluding hydrogens is 574 g/mol. The Morgan fingerprint density at radius 2 is 1.69 bits per heavy atom. The first-order chi connectivity index (χ1) is 20.1. The van der Waals surface area contributed by atoms with Crippen molar-refractivity contribution in [1.29, 1.82) is 0 Å². The molecule has 226 valence electrons. The molecule has 0 aromatic heterocycles. The molecule has 2 amide bonds. The molecule has 42 heavy (non-hydrogen) atoms. The van der Waals surface area contributed by atoms with Crippen LogP contribution in [0.5, 0.6) is 5.75 Å². The molecule has 1 atom stereocenters. The topological polar surface area (TPSA) is 96.0 Å². The number of amides is 2. The molecule has 0 aliphatic carbocycles. The molecule has 10 heteroatoms. The highest BCUT2D eigenvalue weighted by Gasteiger charge is 2.34. The van der Waals surface area contributed by atoms with Crippen molar-refractivity contribution >= 4 is 39.1 Å². The molecule has 0 fully saturated rings. The number of nitrogens with zero attached hydrogens (tertiary/aromatic N) is 2. The predicted octanol–water partition coefficient (Wildman–Crippen LogP) is 5.97. The first kappa shape index (κ1) is 32.9. The molecule has 0 radical (unpaired) electrons. The summed E-state index contributed by atoms with van der Waals surface area (Å²) in [6, 6.07) is 19.4. The van der Waals surface area contributed by atoms with Crippen LogP contribution in [0.25, 0.3) is 0 Å². The number of aryl methyl sites for hydroxylation is 1. The van der Waals surface area contributed by atoms with Gasteiger partial charge in [0.2, 0.25) is 11.8 Å². The number of ether oxygens (including phenoxy) is 1. The Kier molecular flexibility index (Phi) is 12.2. The molecular formula is C32H40ClN3O5S. The number of rotatable bonds is 15. The molecule has 0 saturated carbocycles. The minimum Gasteiger partial charge on any atom is -0.492 e. The third kappa shape index (κ3) is 8.49. The van der Waals surface area contributed by atoms with Crippen LogP contribution < -0.4 is 14.4 Å². The van der Waals surface area contributed by atoms with Crippen LogP contribution >= 0.6 is 11.6 Å². The second kappa shape index (κ2) is 15.6. The lowest BCUT2D eigenvalue weighted by molar-refractivity contribution is -0.140. The van der Waals surface area contributed by atoms with Crippen LogP contribution in [-0.4, -0.2) is 50.9 Å². The van der Waals surface area contributed by atoms with E-state index in [1.807, 2.05) is 45.0 Å². The number of halogens is 1. The second-order valence-electron chi connectivity index (χ2n) is 9.95. The number of nitrogens with one attached hydrogen (secondary N) is 1. The first-order valence-electron chi connectivity index (χ1n) is 14.2. The molecule has 0 saturated heterocycles. The van der Waals surface area contributed by atoms with Crippen molar-refractivity contribution in [2.45, 2.75) is 64.4 Å². The van der Waals surface area contributed by atoms with E-state index in [2.05, 4.69) is 5.32 Å². The predicted molar refractivity (Wildman–Crippen MR) is 167 cm³/mol. The minimum atomic E-state index is -4.24. The summed E-state index contributed by atoms with van der Waals surface area (Å²) in [7, 11) is -4.24. The fourth-order valence-corrected chi connectivity index (χ4v) is 6.17. The smallest absolute Gasteiger partial charge is 0.264 e. The maximum Gasteiger partial charge on any atom is 0.264 e. The number of hydrogen-bond acceptors (Lipinski definition) is 5. The van der Waals surface area contributed by atoms with E-state index in [4.69, 9.17) is 16.3 Å². The van der Waals surface area contributed by atoms with Gasteiger partial charge >= 0.3 is 0 Å². The Bertz CT molecular complexity index is 1450. The molecule has 1 unspecified atom stereocenters. The van der Waals surface area contributed by atoms with Gasteiger partial charge in [0.15, 0.2) is 0 Å². The van der Waals surface area contributed by atoms with Crippen molar-refractivity contribution < 1.29 is 22.7 Å². The van der Waals surface area contributed by atoms with Gasteiger partial charge in [0, 0.05) is 18.1 Å². The van der Waals surface area contributed by atoms with Crippen molar-refractivity contribution in [1.82, 2.24) is 10.2 Å². The van der Waals surface area contributed by atoms with E-state index < -0.39 is 28.5 Å². The summed E-state index contributed by atoms with van der Waals surface area (Å²) in [5.41, 5.74) is 2.07. The highest BCUT2D eigenvalue weighted by atomic mass is 35.5. The maximum atomic E-state index is 14.2. The molecule has 0 spiro atoms. The van der Waals surface area contributed by atoms with Crippen molar-refractivity contribution in [2.24, 2.45) is 0 Å². The molecule has 0 bridgehead atoms. The molecule has 8 nitrogen and oxygen atoms in total. The number of anilines is 1. The summed E-state index contributed by atoms with van der Waals surface area (Å²) in [4.78, 5) is 29.0. The Morgan fingerprint density at radius 1 is 0.976 bits per heavy atom. The van der Waals surface area contributed by atoms with Gasteiger partial charge in [0.1, 0.15) is 18.3 Å². The third-order valence-electron chi connectivity index (χ3n) is 6.77. The van der Waals surface area contributed by atoms with Crippen LogP contribution in [0, 0.1) is 6.92 Å². The Hall–Kier alpha value is -3.56. The van der Waals surface area contributed by atoms with Gasteiger partial charge in [-0.15, -0.1) is 0 Å². The average Bonchev–Trinajstić information content (AvgIpc) is 2.96. The zero-order valence-electron chi connectivity index (χ0n) is 24.7. The Labute approximate surface area is 254 Å². The summed E-state index contributed by atoms with van der Waals surface area (Å²) in [5.74, 6) is -0.466. The summed E-state index contributed by atoms with van der Waals surface area (Å²) < 4.78 is 35.0. The van der Waals surface area contributed by atoms with Crippen molar-refractivity contribution in [2.75, 3.05) is 24.0 Å². The normalized spacial score (nSPS) is 11.9. The summed E-state index contributed by atoms with van der Waals surface area (Å²) in [6.07, 6.45) is 2.09. The molecule has 3 aromatic carbocycles. The fraction of sp³-hybridized carbons (Fsp3) is 0.375. The second-order valence-corrected chi connectivity index (χ2v) is 12.2. The van der Waals surface area contributed by atoms with Crippen molar-refractivity contribution in [3.8, 4) is 5.75 Å². The number of sulfonamides is 1. The highest BCUT2D eigenvalue weighted by Crippen LogP contribution is 2.33. The van der Waals surface area contributed by atoms with Crippen LogP contribution in [0.1, 0.15) is 51.2 Å². The van der Waals surface area contributed by atoms with Gasteiger partial charge in [-0.1, -0.05) is 73.8 Å². The molecule has 3 aromatic rings. The lowest BCUT2D eigenvalue weighted by atomic mass is 10.1. The summed E-state index contributed by atoms with van der Waals surface area (Å²) in [5, 5.41) is 3.33. The maximum absolute atomic E-state index is 14.2. The third-order valence-corrected chi connectivity index (χ3v) is 8.79. The van der Waals surface area contributed by atoms with Gasteiger partial charge in [0.05, 0.1) is 17.2 Å². The van der Waals surface area contributed by atoms with Crippen LogP contribution in [0.4, 0.5) is 5.69 Å². The minimum absolute atomic E-state index is 0.0272. The monoisotopic (exact) mass is 613 g/mol. The van der Waals surface area contributed by atoms with E-state index in [0.717, 1.165) is 28.3 Å². The molecule has 1 N–H and O–H groups in total. The van der Waals surface area contributed by atoms with E-state index in [0.29, 0.717) is 30.3 Å². The van der Waals surface area contributed by atoms with Gasteiger partial charge in [-0.25, -0.2) is 8.42 Å². The number of benzene rings is 3. The number of carbonyl (C=O) groups is 2. The molecule has 0 aliphatic rings. The van der Waals surface area contributed by atoms with Crippen molar-refractivity contribution in [3.63, 3.8) is 0 Å². The van der Waals surface area contributed by atoms with E-state index in [-0.39, 0.29) is 23.0 Å². The van der Waals surface area contributed by atoms with E-state index in [1.54, 1.807) is 31.2 Å². The molecule has 0 heterocycles. The Morgan fingerprint density at radius 3 is 2.33 bits per heavy atom. The van der Waals surface area contributed by atoms with Crippen LogP contribution in [0.3, 0.4) is 0 Å². The summed E-state index contributed by atoms with van der Waals surface area (Å²) >= 11 is 6.04. The zero-order valence-corrected chi connectivity index (χ0v) is 26.2. The number of hydrogen-bond donors (Lipinski definition) is 1. The van der Waals surface area contributed by atoms with Gasteiger partial charge in [-0.2, -0.15) is 0 Å². The zero-order chi connectivity index (χ0) is 30.7. The lowest BCUT2D eigenvalue weighted by Gasteiger charge is -2.33. The van der Waals surface area contributed by atoms with Gasteiger partial charge in [-0.3, -0.25) is 13.9 Å². The van der Waals surface area contributed by atoms with Crippen LogP contribution in [0.2, 0.25) is 5.02 Å². The van der Waals surface area contributed by atoms with Gasteiger partial charge < -0.3 is 15.0 Å². The van der Waals surface area contributed by atoms with Crippen LogP contribution in [-0.2, 0) is 26.2 Å². The first-order valence-corrected chi connectivity index (χ1v) is 16.1. The summed E-state index contributed by atoms with van der Waals surface area (Å²) in [6.45, 7) is 8.02. The number of unbranched alkanes of at least 4 members (excludes halogenated alkanes) is 1.